The highest BCUT2D eigenvalue weighted by atomic mass is 32.1. The lowest BCUT2D eigenvalue weighted by molar-refractivity contribution is -0.116. The van der Waals surface area contributed by atoms with Gasteiger partial charge in [0.25, 0.3) is 0 Å². The van der Waals surface area contributed by atoms with E-state index < -0.39 is 18.2 Å². The Bertz CT molecular complexity index is 601. The maximum absolute atomic E-state index is 12.1. The van der Waals surface area contributed by atoms with Crippen LogP contribution in [0.2, 0.25) is 0 Å². The van der Waals surface area contributed by atoms with Crippen LogP contribution in [-0.4, -0.2) is 63.9 Å². The zero-order chi connectivity index (χ0) is 17.3. The first-order valence-corrected chi connectivity index (χ1v) is 9.01. The molecule has 7 nitrogen and oxygen atoms in total. The minimum atomic E-state index is -1.04. The minimum absolute atomic E-state index is 0.138. The highest BCUT2D eigenvalue weighted by molar-refractivity contribution is 7.12. The predicted molar refractivity (Wildman–Crippen MR) is 89.2 cm³/mol. The number of hydrogen-bond donors (Lipinski definition) is 4. The van der Waals surface area contributed by atoms with Crippen molar-refractivity contribution in [3.63, 3.8) is 0 Å². The molecule has 8 heteroatoms. The molecule has 0 unspecified atom stereocenters. The fourth-order valence-electron chi connectivity index (χ4n) is 3.73. The van der Waals surface area contributed by atoms with Crippen molar-refractivity contribution >= 4 is 28.9 Å². The van der Waals surface area contributed by atoms with E-state index in [-0.39, 0.29) is 10.8 Å². The quantitative estimate of drug-likeness (QED) is 0.624. The van der Waals surface area contributed by atoms with Gasteiger partial charge in [-0.25, -0.2) is 4.79 Å². The number of amides is 1. The molecule has 1 amide bonds. The first-order chi connectivity index (χ1) is 11.4. The lowest BCUT2D eigenvalue weighted by Gasteiger charge is -2.32. The molecule has 3 rings (SSSR count). The number of thiophene rings is 1. The van der Waals surface area contributed by atoms with Crippen LogP contribution in [-0.2, 0) is 4.79 Å². The summed E-state index contributed by atoms with van der Waals surface area (Å²) >= 11 is 1.08. The second kappa shape index (κ2) is 7.18. The van der Waals surface area contributed by atoms with E-state index in [1.165, 1.54) is 0 Å². The molecule has 1 aliphatic carbocycles. The van der Waals surface area contributed by atoms with Gasteiger partial charge in [0.1, 0.15) is 4.88 Å². The van der Waals surface area contributed by atoms with Crippen molar-refractivity contribution in [3.8, 4) is 0 Å². The normalized spacial score (nSPS) is 30.1. The van der Waals surface area contributed by atoms with Gasteiger partial charge < -0.3 is 25.5 Å². The van der Waals surface area contributed by atoms with Gasteiger partial charge in [-0.2, -0.15) is 0 Å². The van der Waals surface area contributed by atoms with Gasteiger partial charge >= 0.3 is 5.97 Å². The van der Waals surface area contributed by atoms with Crippen molar-refractivity contribution in [2.75, 3.05) is 25.0 Å². The smallest absolute Gasteiger partial charge is 0.348 e. The Labute approximate surface area is 143 Å². The van der Waals surface area contributed by atoms with E-state index in [0.29, 0.717) is 43.3 Å². The molecule has 0 spiro atoms. The summed E-state index contributed by atoms with van der Waals surface area (Å²) in [5.41, 5.74) is 0.346. The molecular weight excluding hydrogens is 332 g/mol. The van der Waals surface area contributed by atoms with Gasteiger partial charge in [0.15, 0.2) is 0 Å². The van der Waals surface area contributed by atoms with Crippen LogP contribution in [0, 0.1) is 11.8 Å². The van der Waals surface area contributed by atoms with Gasteiger partial charge in [0.05, 0.1) is 17.9 Å². The number of nitrogens with one attached hydrogen (secondary N) is 1. The van der Waals surface area contributed by atoms with Crippen molar-refractivity contribution in [3.05, 3.63) is 16.3 Å². The summed E-state index contributed by atoms with van der Waals surface area (Å²) in [6.45, 7) is 2.26. The van der Waals surface area contributed by atoms with Crippen LogP contribution in [0.5, 0.6) is 0 Å². The number of aliphatic hydroxyl groups excluding tert-OH is 2. The number of likely N-dealkylation sites (tertiary alicyclic amines) is 1. The molecule has 2 fully saturated rings. The Kier molecular flexibility index (Phi) is 5.19. The molecule has 4 N–H and O–H groups in total. The summed E-state index contributed by atoms with van der Waals surface area (Å²) in [5.74, 6) is -0.490. The van der Waals surface area contributed by atoms with Crippen LogP contribution in [0.1, 0.15) is 28.9 Å². The molecular formula is C16H22N2O5S. The largest absolute Gasteiger partial charge is 0.477 e. The van der Waals surface area contributed by atoms with Gasteiger partial charge in [-0.15, -0.1) is 11.3 Å². The van der Waals surface area contributed by atoms with E-state index in [9.17, 15) is 19.8 Å². The van der Waals surface area contributed by atoms with E-state index in [2.05, 4.69) is 10.2 Å². The van der Waals surface area contributed by atoms with E-state index >= 15 is 0 Å². The molecule has 1 saturated carbocycles. The van der Waals surface area contributed by atoms with Crippen LogP contribution < -0.4 is 5.32 Å². The summed E-state index contributed by atoms with van der Waals surface area (Å²) in [5, 5.41) is 32.9. The number of anilines is 1. The highest BCUT2D eigenvalue weighted by Crippen LogP contribution is 2.36. The molecule has 1 aromatic heterocycles. The van der Waals surface area contributed by atoms with Gasteiger partial charge in [0, 0.05) is 26.1 Å². The third-order valence-corrected chi connectivity index (χ3v) is 5.88. The zero-order valence-corrected chi connectivity index (χ0v) is 14.0. The molecule has 1 aliphatic heterocycles. The summed E-state index contributed by atoms with van der Waals surface area (Å²) in [6, 6.07) is 1.60. The van der Waals surface area contributed by atoms with Crippen LogP contribution in [0.4, 0.5) is 5.69 Å². The molecule has 1 saturated heterocycles. The molecule has 2 heterocycles. The lowest BCUT2D eigenvalue weighted by atomic mass is 9.79. The van der Waals surface area contributed by atoms with Crippen LogP contribution in [0.15, 0.2) is 11.4 Å². The molecule has 0 radical (unpaired) electrons. The Balaban J connectivity index is 1.47. The number of aliphatic hydroxyl groups is 2. The van der Waals surface area contributed by atoms with E-state index in [0.717, 1.165) is 24.4 Å². The molecule has 0 aromatic carbocycles. The summed E-state index contributed by atoms with van der Waals surface area (Å²) in [4.78, 5) is 25.4. The number of carbonyl (C=O) groups is 2. The van der Waals surface area contributed by atoms with E-state index in [1.807, 2.05) is 0 Å². The molecule has 0 bridgehead atoms. The summed E-state index contributed by atoms with van der Waals surface area (Å²) in [7, 11) is 0. The fraction of sp³-hybridized carbons (Fsp3) is 0.625. The van der Waals surface area contributed by atoms with E-state index in [4.69, 9.17) is 5.11 Å². The third kappa shape index (κ3) is 3.77. The van der Waals surface area contributed by atoms with Gasteiger partial charge in [-0.1, -0.05) is 0 Å². The van der Waals surface area contributed by atoms with Crippen LogP contribution in [0.25, 0.3) is 0 Å². The average molecular weight is 354 g/mol. The van der Waals surface area contributed by atoms with Crippen LogP contribution >= 0.6 is 11.3 Å². The van der Waals surface area contributed by atoms with Gasteiger partial charge in [0.2, 0.25) is 5.91 Å². The number of carboxylic acid groups (broad SMARTS) is 1. The summed E-state index contributed by atoms with van der Waals surface area (Å²) < 4.78 is 0. The average Bonchev–Trinajstić information content (AvgIpc) is 3.12. The molecule has 1 aromatic rings. The monoisotopic (exact) mass is 354 g/mol. The Morgan fingerprint density at radius 1 is 1.21 bits per heavy atom. The first-order valence-electron chi connectivity index (χ1n) is 8.13. The zero-order valence-electron chi connectivity index (χ0n) is 13.2. The van der Waals surface area contributed by atoms with Crippen molar-refractivity contribution in [2.24, 2.45) is 11.8 Å². The number of carboxylic acids is 1. The number of aromatic carboxylic acids is 1. The number of nitrogens with zero attached hydrogens (tertiary/aromatic N) is 1. The molecule has 132 valence electrons. The standard InChI is InChI=1S/C16H22N2O5S/c19-12-5-9-7-18(8-10(9)6-13(12)20)3-1-14(21)17-11-2-4-24-15(11)16(22)23/h2,4,9-10,12-13,19-20H,1,3,5-8H2,(H,17,21)(H,22,23)/t9-,10+,12-,13-/m0/s1. The lowest BCUT2D eigenvalue weighted by Crippen LogP contribution is -2.38. The predicted octanol–water partition coefficient (Wildman–Crippen LogP) is 0.838. The molecule has 24 heavy (non-hydrogen) atoms. The van der Waals surface area contributed by atoms with Crippen molar-refractivity contribution < 1.29 is 24.9 Å². The Hall–Kier alpha value is -1.48. The summed E-state index contributed by atoms with van der Waals surface area (Å²) in [6.07, 6.45) is 0.251. The molecule has 4 atom stereocenters. The number of carbonyl (C=O) groups excluding carboxylic acids is 1. The van der Waals surface area contributed by atoms with Crippen LogP contribution in [0.3, 0.4) is 0 Å². The maximum Gasteiger partial charge on any atom is 0.348 e. The maximum atomic E-state index is 12.1. The SMILES string of the molecule is O=C(CCN1C[C@H]2C[C@H](O)[C@@H](O)C[C@H]2C1)Nc1ccsc1C(=O)O. The minimum Gasteiger partial charge on any atom is -0.477 e. The van der Waals surface area contributed by atoms with E-state index in [1.54, 1.807) is 11.4 Å². The van der Waals surface area contributed by atoms with Gasteiger partial charge in [-0.05, 0) is 36.1 Å². The Morgan fingerprint density at radius 3 is 2.42 bits per heavy atom. The number of fused-ring (bicyclic) bond motifs is 1. The number of rotatable bonds is 5. The molecule has 2 aliphatic rings. The Morgan fingerprint density at radius 2 is 1.83 bits per heavy atom. The van der Waals surface area contributed by atoms with Crippen molar-refractivity contribution in [2.45, 2.75) is 31.5 Å². The highest BCUT2D eigenvalue weighted by Gasteiger charge is 2.40. The fourth-order valence-corrected chi connectivity index (χ4v) is 4.42. The van der Waals surface area contributed by atoms with Crippen molar-refractivity contribution in [1.82, 2.24) is 4.90 Å². The second-order valence-electron chi connectivity index (χ2n) is 6.65. The van der Waals surface area contributed by atoms with Gasteiger partial charge in [-0.3, -0.25) is 4.79 Å². The topological polar surface area (TPSA) is 110 Å². The number of hydrogen-bond acceptors (Lipinski definition) is 6. The van der Waals surface area contributed by atoms with Crippen molar-refractivity contribution in [1.29, 1.82) is 0 Å². The second-order valence-corrected chi connectivity index (χ2v) is 7.57. The third-order valence-electron chi connectivity index (χ3n) is 4.97. The first kappa shape index (κ1) is 17.3.